The van der Waals surface area contributed by atoms with Crippen molar-refractivity contribution in [2.75, 3.05) is 18.9 Å². The van der Waals surface area contributed by atoms with Crippen LogP contribution in [0.25, 0.3) is 0 Å². The van der Waals surface area contributed by atoms with E-state index in [0.717, 1.165) is 19.4 Å². The van der Waals surface area contributed by atoms with Crippen molar-refractivity contribution in [2.24, 2.45) is 5.92 Å². The smallest absolute Gasteiger partial charge is 0.288 e. The SMILES string of the molecule is CNc1ncc([N+](=O)[O-])cc1C(=O)N1CC2CCC1C2. The van der Waals surface area contributed by atoms with Gasteiger partial charge >= 0.3 is 0 Å². The standard InChI is InChI=1S/C13H16N4O3/c1-14-12-11(5-10(6-15-12)17(19)20)13(18)16-7-8-2-3-9(16)4-8/h5-6,8-9H,2-4,7H2,1H3,(H,14,15). The van der Waals surface area contributed by atoms with Gasteiger partial charge in [0.2, 0.25) is 0 Å². The molecular formula is C13H16N4O3. The number of pyridine rings is 1. The van der Waals surface area contributed by atoms with E-state index in [1.54, 1.807) is 7.05 Å². The van der Waals surface area contributed by atoms with Crippen molar-refractivity contribution in [3.63, 3.8) is 0 Å². The fourth-order valence-corrected chi connectivity index (χ4v) is 3.24. The van der Waals surface area contributed by atoms with E-state index in [4.69, 9.17) is 0 Å². The van der Waals surface area contributed by atoms with Crippen LogP contribution in [0.2, 0.25) is 0 Å². The summed E-state index contributed by atoms with van der Waals surface area (Å²) in [7, 11) is 1.65. The summed E-state index contributed by atoms with van der Waals surface area (Å²) in [6.45, 7) is 0.759. The molecule has 106 valence electrons. The third-order valence-electron chi connectivity index (χ3n) is 4.22. The second kappa shape index (κ2) is 4.73. The minimum absolute atomic E-state index is 0.155. The Hall–Kier alpha value is -2.18. The van der Waals surface area contributed by atoms with Crippen LogP contribution in [-0.4, -0.2) is 40.3 Å². The zero-order valence-electron chi connectivity index (χ0n) is 11.2. The first-order valence-corrected chi connectivity index (χ1v) is 6.73. The predicted octanol–water partition coefficient (Wildman–Crippen LogP) is 1.66. The molecule has 2 aliphatic rings. The molecule has 2 heterocycles. The number of fused-ring (bicyclic) bond motifs is 2. The van der Waals surface area contributed by atoms with E-state index in [9.17, 15) is 14.9 Å². The molecule has 2 unspecified atom stereocenters. The Morgan fingerprint density at radius 1 is 1.55 bits per heavy atom. The predicted molar refractivity (Wildman–Crippen MR) is 72.6 cm³/mol. The lowest BCUT2D eigenvalue weighted by Gasteiger charge is -2.27. The first kappa shape index (κ1) is 12.8. The first-order valence-electron chi connectivity index (χ1n) is 6.73. The fourth-order valence-electron chi connectivity index (χ4n) is 3.24. The van der Waals surface area contributed by atoms with Gasteiger partial charge in [0.25, 0.3) is 11.6 Å². The molecule has 20 heavy (non-hydrogen) atoms. The van der Waals surface area contributed by atoms with Gasteiger partial charge in [-0.2, -0.15) is 0 Å². The number of rotatable bonds is 3. The highest BCUT2D eigenvalue weighted by Gasteiger charge is 2.41. The van der Waals surface area contributed by atoms with E-state index in [1.807, 2.05) is 4.90 Å². The molecule has 1 saturated heterocycles. The highest BCUT2D eigenvalue weighted by Crippen LogP contribution is 2.38. The number of carbonyl (C=O) groups excluding carboxylic acids is 1. The maximum Gasteiger partial charge on any atom is 0.288 e. The largest absolute Gasteiger partial charge is 0.372 e. The Labute approximate surface area is 116 Å². The van der Waals surface area contributed by atoms with E-state index < -0.39 is 4.92 Å². The molecule has 0 radical (unpaired) electrons. The summed E-state index contributed by atoms with van der Waals surface area (Å²) in [6.07, 6.45) is 4.44. The van der Waals surface area contributed by atoms with Gasteiger partial charge in [0.1, 0.15) is 12.0 Å². The van der Waals surface area contributed by atoms with Crippen LogP contribution in [0.5, 0.6) is 0 Å². The minimum atomic E-state index is -0.528. The van der Waals surface area contributed by atoms with E-state index in [2.05, 4.69) is 10.3 Å². The quantitative estimate of drug-likeness (QED) is 0.670. The average Bonchev–Trinajstić information content (AvgIpc) is 3.08. The second-order valence-electron chi connectivity index (χ2n) is 5.39. The van der Waals surface area contributed by atoms with Gasteiger partial charge in [-0.1, -0.05) is 0 Å². The molecular weight excluding hydrogens is 260 g/mol. The molecule has 3 rings (SSSR count). The van der Waals surface area contributed by atoms with Crippen molar-refractivity contribution in [2.45, 2.75) is 25.3 Å². The molecule has 2 atom stereocenters. The lowest BCUT2D eigenvalue weighted by Crippen LogP contribution is -2.38. The highest BCUT2D eigenvalue weighted by molar-refractivity contribution is 5.99. The van der Waals surface area contributed by atoms with Gasteiger partial charge in [0, 0.05) is 25.7 Å². The van der Waals surface area contributed by atoms with E-state index >= 15 is 0 Å². The van der Waals surface area contributed by atoms with Crippen molar-refractivity contribution in [3.8, 4) is 0 Å². The van der Waals surface area contributed by atoms with Gasteiger partial charge in [-0.05, 0) is 25.2 Å². The van der Waals surface area contributed by atoms with Crippen LogP contribution in [0, 0.1) is 16.0 Å². The molecule has 1 amide bonds. The Morgan fingerprint density at radius 3 is 2.90 bits per heavy atom. The third kappa shape index (κ3) is 1.99. The van der Waals surface area contributed by atoms with Crippen molar-refractivity contribution < 1.29 is 9.72 Å². The highest BCUT2D eigenvalue weighted by atomic mass is 16.6. The van der Waals surface area contributed by atoms with Crippen LogP contribution in [0.15, 0.2) is 12.3 Å². The van der Waals surface area contributed by atoms with Crippen LogP contribution in [0.1, 0.15) is 29.6 Å². The van der Waals surface area contributed by atoms with Gasteiger partial charge < -0.3 is 10.2 Å². The third-order valence-corrected chi connectivity index (χ3v) is 4.22. The summed E-state index contributed by atoms with van der Waals surface area (Å²) >= 11 is 0. The molecule has 1 aliphatic heterocycles. The van der Waals surface area contributed by atoms with Crippen molar-refractivity contribution in [1.82, 2.24) is 9.88 Å². The molecule has 7 heteroatoms. The molecule has 1 aromatic rings. The van der Waals surface area contributed by atoms with E-state index in [1.165, 1.54) is 18.7 Å². The summed E-state index contributed by atoms with van der Waals surface area (Å²) in [6, 6.07) is 1.60. The molecule has 7 nitrogen and oxygen atoms in total. The van der Waals surface area contributed by atoms with Crippen LogP contribution in [-0.2, 0) is 0 Å². The Kier molecular flexibility index (Phi) is 3.04. The number of hydrogen-bond donors (Lipinski definition) is 1. The van der Waals surface area contributed by atoms with Gasteiger partial charge in [-0.15, -0.1) is 0 Å². The zero-order chi connectivity index (χ0) is 14.3. The zero-order valence-corrected chi connectivity index (χ0v) is 11.2. The Bertz CT molecular complexity index is 575. The summed E-state index contributed by atoms with van der Waals surface area (Å²) in [5, 5.41) is 13.7. The number of carbonyl (C=O) groups is 1. The number of aromatic nitrogens is 1. The van der Waals surface area contributed by atoms with Gasteiger partial charge in [-0.3, -0.25) is 14.9 Å². The molecule has 1 saturated carbocycles. The molecule has 0 aromatic carbocycles. The fraction of sp³-hybridized carbons (Fsp3) is 0.538. The van der Waals surface area contributed by atoms with Gasteiger partial charge in [-0.25, -0.2) is 4.98 Å². The molecule has 1 N–H and O–H groups in total. The van der Waals surface area contributed by atoms with Crippen LogP contribution < -0.4 is 5.32 Å². The maximum atomic E-state index is 12.6. The van der Waals surface area contributed by atoms with Crippen LogP contribution in [0.3, 0.4) is 0 Å². The van der Waals surface area contributed by atoms with Crippen LogP contribution in [0.4, 0.5) is 11.5 Å². The number of anilines is 1. The minimum Gasteiger partial charge on any atom is -0.372 e. The Balaban J connectivity index is 1.93. The van der Waals surface area contributed by atoms with Gasteiger partial charge in [0.15, 0.2) is 0 Å². The normalized spacial score (nSPS) is 23.9. The van der Waals surface area contributed by atoms with Gasteiger partial charge in [0.05, 0.1) is 10.5 Å². The number of hydrogen-bond acceptors (Lipinski definition) is 5. The number of likely N-dealkylation sites (tertiary alicyclic amines) is 1. The second-order valence-corrected chi connectivity index (χ2v) is 5.39. The summed E-state index contributed by atoms with van der Waals surface area (Å²) in [5.41, 5.74) is 0.131. The molecule has 0 spiro atoms. The summed E-state index contributed by atoms with van der Waals surface area (Å²) < 4.78 is 0. The molecule has 1 aromatic heterocycles. The number of nitrogens with one attached hydrogen (secondary N) is 1. The average molecular weight is 276 g/mol. The molecule has 2 bridgehead atoms. The van der Waals surface area contributed by atoms with Crippen molar-refractivity contribution in [1.29, 1.82) is 0 Å². The molecule has 1 aliphatic carbocycles. The van der Waals surface area contributed by atoms with E-state index in [-0.39, 0.29) is 23.2 Å². The lowest BCUT2D eigenvalue weighted by molar-refractivity contribution is -0.385. The topological polar surface area (TPSA) is 88.4 Å². The number of amides is 1. The van der Waals surface area contributed by atoms with Crippen molar-refractivity contribution in [3.05, 3.63) is 27.9 Å². The maximum absolute atomic E-state index is 12.6. The van der Waals surface area contributed by atoms with E-state index in [0.29, 0.717) is 11.7 Å². The summed E-state index contributed by atoms with van der Waals surface area (Å²) in [4.78, 5) is 28.7. The lowest BCUT2D eigenvalue weighted by atomic mass is 10.1. The van der Waals surface area contributed by atoms with Crippen molar-refractivity contribution >= 4 is 17.4 Å². The number of nitrogens with zero attached hydrogens (tertiary/aromatic N) is 3. The Morgan fingerprint density at radius 2 is 2.35 bits per heavy atom. The molecule has 2 fully saturated rings. The van der Waals surface area contributed by atoms with Crippen LogP contribution >= 0.6 is 0 Å². The first-order chi connectivity index (χ1) is 9.60. The monoisotopic (exact) mass is 276 g/mol. The summed E-state index contributed by atoms with van der Waals surface area (Å²) in [5.74, 6) is 0.828. The number of piperidine rings is 1. The number of nitro groups is 1.